The van der Waals surface area contributed by atoms with E-state index in [-0.39, 0.29) is 17.0 Å². The molecule has 0 saturated heterocycles. The molecule has 1 N–H and O–H groups in total. The smallest absolute Gasteiger partial charge is 0.270 e. The molecule has 0 radical (unpaired) electrons. The van der Waals surface area contributed by atoms with Crippen LogP contribution in [0.4, 0.5) is 11.4 Å². The van der Waals surface area contributed by atoms with Crippen LogP contribution in [0.15, 0.2) is 41.4 Å². The van der Waals surface area contributed by atoms with Gasteiger partial charge in [-0.25, -0.2) is 0 Å². The van der Waals surface area contributed by atoms with Crippen LogP contribution in [-0.2, 0) is 0 Å². The SMILES string of the molecule is Cc1cc(Cl)ccc1N=Cc1cc([N+](=O)[O-])ccc1O. The number of nitro groups is 1. The molecule has 0 unspecified atom stereocenters. The highest BCUT2D eigenvalue weighted by atomic mass is 35.5. The van der Waals surface area contributed by atoms with Gasteiger partial charge >= 0.3 is 0 Å². The number of hydrogen-bond donors (Lipinski definition) is 1. The summed E-state index contributed by atoms with van der Waals surface area (Å²) in [5.74, 6) is -0.0639. The highest BCUT2D eigenvalue weighted by Crippen LogP contribution is 2.25. The number of nitro benzene ring substituents is 1. The predicted molar refractivity (Wildman–Crippen MR) is 78.2 cm³/mol. The van der Waals surface area contributed by atoms with Gasteiger partial charge in [-0.05, 0) is 36.8 Å². The zero-order chi connectivity index (χ0) is 14.7. The second kappa shape index (κ2) is 5.71. The van der Waals surface area contributed by atoms with E-state index in [1.807, 2.05) is 6.92 Å². The van der Waals surface area contributed by atoms with Gasteiger partial charge in [-0.3, -0.25) is 15.1 Å². The normalized spacial score (nSPS) is 10.9. The van der Waals surface area contributed by atoms with Crippen molar-refractivity contribution in [2.24, 2.45) is 4.99 Å². The monoisotopic (exact) mass is 290 g/mol. The van der Waals surface area contributed by atoms with Gasteiger partial charge in [0.2, 0.25) is 0 Å². The minimum atomic E-state index is -0.523. The molecule has 102 valence electrons. The number of non-ortho nitro benzene ring substituents is 1. The maximum atomic E-state index is 10.7. The van der Waals surface area contributed by atoms with E-state index >= 15 is 0 Å². The van der Waals surface area contributed by atoms with Gasteiger partial charge in [0, 0.05) is 28.9 Å². The van der Waals surface area contributed by atoms with Gasteiger partial charge < -0.3 is 5.11 Å². The maximum Gasteiger partial charge on any atom is 0.270 e. The Kier molecular flexibility index (Phi) is 4.00. The van der Waals surface area contributed by atoms with Crippen molar-refractivity contribution in [3.05, 3.63) is 62.7 Å². The summed E-state index contributed by atoms with van der Waals surface area (Å²) < 4.78 is 0. The van der Waals surface area contributed by atoms with Crippen molar-refractivity contribution >= 4 is 29.2 Å². The van der Waals surface area contributed by atoms with Gasteiger partial charge in [-0.1, -0.05) is 11.6 Å². The molecule has 0 aromatic heterocycles. The van der Waals surface area contributed by atoms with E-state index in [1.54, 1.807) is 18.2 Å². The summed E-state index contributed by atoms with van der Waals surface area (Å²) in [6.45, 7) is 1.85. The van der Waals surface area contributed by atoms with Crippen LogP contribution in [0.3, 0.4) is 0 Å². The number of nitrogens with zero attached hydrogens (tertiary/aromatic N) is 2. The first-order valence-corrected chi connectivity index (χ1v) is 6.13. The van der Waals surface area contributed by atoms with E-state index in [9.17, 15) is 15.2 Å². The molecule has 0 bridgehead atoms. The Balaban J connectivity index is 2.35. The van der Waals surface area contributed by atoms with E-state index in [2.05, 4.69) is 4.99 Å². The van der Waals surface area contributed by atoms with Crippen LogP contribution in [0.1, 0.15) is 11.1 Å². The van der Waals surface area contributed by atoms with E-state index in [0.717, 1.165) is 5.56 Å². The molecule has 0 saturated carbocycles. The third-order valence-corrected chi connectivity index (χ3v) is 2.96. The predicted octanol–water partition coefficient (Wildman–Crippen LogP) is 4.01. The summed E-state index contributed by atoms with van der Waals surface area (Å²) in [7, 11) is 0. The highest BCUT2D eigenvalue weighted by molar-refractivity contribution is 6.30. The lowest BCUT2D eigenvalue weighted by Crippen LogP contribution is -1.90. The molecule has 0 atom stereocenters. The number of aromatic hydroxyl groups is 1. The average Bonchev–Trinajstić information content (AvgIpc) is 2.39. The summed E-state index contributed by atoms with van der Waals surface area (Å²) in [5, 5.41) is 21.0. The third kappa shape index (κ3) is 3.13. The number of rotatable bonds is 3. The Bertz CT molecular complexity index is 699. The van der Waals surface area contributed by atoms with Gasteiger partial charge in [0.25, 0.3) is 5.69 Å². The van der Waals surface area contributed by atoms with Crippen LogP contribution >= 0.6 is 11.6 Å². The van der Waals surface area contributed by atoms with E-state index in [4.69, 9.17) is 11.6 Å². The number of phenolic OH excluding ortho intramolecular Hbond substituents is 1. The van der Waals surface area contributed by atoms with Gasteiger partial charge in [0.05, 0.1) is 10.6 Å². The molecule has 5 nitrogen and oxygen atoms in total. The molecular weight excluding hydrogens is 280 g/mol. The highest BCUT2D eigenvalue weighted by Gasteiger charge is 2.08. The molecule has 0 aliphatic rings. The third-order valence-electron chi connectivity index (χ3n) is 2.72. The quantitative estimate of drug-likeness (QED) is 0.527. The fourth-order valence-electron chi connectivity index (χ4n) is 1.66. The fourth-order valence-corrected chi connectivity index (χ4v) is 1.89. The molecule has 0 spiro atoms. The van der Waals surface area contributed by atoms with E-state index < -0.39 is 4.92 Å². The largest absolute Gasteiger partial charge is 0.507 e. The Morgan fingerprint density at radius 2 is 2.05 bits per heavy atom. The van der Waals surface area contributed by atoms with Gasteiger partial charge in [0.1, 0.15) is 5.75 Å². The van der Waals surface area contributed by atoms with Gasteiger partial charge in [0.15, 0.2) is 0 Å². The lowest BCUT2D eigenvalue weighted by Gasteiger charge is -2.01. The number of benzene rings is 2. The Morgan fingerprint density at radius 1 is 1.30 bits per heavy atom. The molecule has 0 aliphatic carbocycles. The fraction of sp³-hybridized carbons (Fsp3) is 0.0714. The number of phenols is 1. The molecular formula is C14H11ClN2O3. The first-order valence-electron chi connectivity index (χ1n) is 5.75. The minimum Gasteiger partial charge on any atom is -0.507 e. The number of aliphatic imine (C=N–C) groups is 1. The Labute approximate surface area is 120 Å². The molecule has 0 aliphatic heterocycles. The second-order valence-corrected chi connectivity index (χ2v) is 4.63. The van der Waals surface area contributed by atoms with E-state index in [0.29, 0.717) is 10.7 Å². The van der Waals surface area contributed by atoms with Crippen molar-refractivity contribution in [1.82, 2.24) is 0 Å². The van der Waals surface area contributed by atoms with Crippen molar-refractivity contribution < 1.29 is 10.0 Å². The van der Waals surface area contributed by atoms with Crippen LogP contribution in [-0.4, -0.2) is 16.2 Å². The molecule has 20 heavy (non-hydrogen) atoms. The summed E-state index contributed by atoms with van der Waals surface area (Å²) in [6, 6.07) is 8.98. The van der Waals surface area contributed by atoms with Crippen LogP contribution < -0.4 is 0 Å². The van der Waals surface area contributed by atoms with Crippen molar-refractivity contribution in [1.29, 1.82) is 0 Å². The average molecular weight is 291 g/mol. The molecule has 0 amide bonds. The Hall–Kier alpha value is -2.40. The molecule has 2 rings (SSSR count). The van der Waals surface area contributed by atoms with Crippen molar-refractivity contribution in [3.63, 3.8) is 0 Å². The first kappa shape index (κ1) is 14.0. The van der Waals surface area contributed by atoms with Crippen LogP contribution in [0, 0.1) is 17.0 Å². The molecule has 0 fully saturated rings. The van der Waals surface area contributed by atoms with Gasteiger partial charge in [-0.2, -0.15) is 0 Å². The Morgan fingerprint density at radius 3 is 2.70 bits per heavy atom. The van der Waals surface area contributed by atoms with Crippen LogP contribution in [0.2, 0.25) is 5.02 Å². The van der Waals surface area contributed by atoms with Crippen LogP contribution in [0.25, 0.3) is 0 Å². The van der Waals surface area contributed by atoms with Crippen molar-refractivity contribution in [3.8, 4) is 5.75 Å². The number of halogens is 1. The van der Waals surface area contributed by atoms with Gasteiger partial charge in [-0.15, -0.1) is 0 Å². The summed E-state index contributed by atoms with van der Waals surface area (Å²) >= 11 is 5.85. The molecule has 6 heteroatoms. The standard InChI is InChI=1S/C14H11ClN2O3/c1-9-6-11(15)2-4-13(9)16-8-10-7-12(17(19)20)3-5-14(10)18/h2-8,18H,1H3. The summed E-state index contributed by atoms with van der Waals surface area (Å²) in [5.41, 5.74) is 1.74. The molecule has 2 aromatic rings. The van der Waals surface area contributed by atoms with Crippen molar-refractivity contribution in [2.45, 2.75) is 6.92 Å². The van der Waals surface area contributed by atoms with Crippen molar-refractivity contribution in [2.75, 3.05) is 0 Å². The lowest BCUT2D eigenvalue weighted by atomic mass is 10.2. The maximum absolute atomic E-state index is 10.7. The summed E-state index contributed by atoms with van der Waals surface area (Å²) in [6.07, 6.45) is 1.39. The number of hydrogen-bond acceptors (Lipinski definition) is 4. The second-order valence-electron chi connectivity index (χ2n) is 4.19. The minimum absolute atomic E-state index is 0.0639. The first-order chi connectivity index (χ1) is 9.47. The van der Waals surface area contributed by atoms with E-state index in [1.165, 1.54) is 24.4 Å². The number of aryl methyl sites for hydroxylation is 1. The van der Waals surface area contributed by atoms with Crippen LogP contribution in [0.5, 0.6) is 5.75 Å². The topological polar surface area (TPSA) is 75.7 Å². The zero-order valence-corrected chi connectivity index (χ0v) is 11.3. The lowest BCUT2D eigenvalue weighted by molar-refractivity contribution is -0.384. The summed E-state index contributed by atoms with van der Waals surface area (Å²) in [4.78, 5) is 14.4. The molecule has 2 aromatic carbocycles. The molecule has 0 heterocycles. The zero-order valence-electron chi connectivity index (χ0n) is 10.6.